The molecule has 114 valence electrons. The highest BCUT2D eigenvalue weighted by Gasteiger charge is 2.25. The molecule has 2 rings (SSSR count). The predicted molar refractivity (Wildman–Crippen MR) is 87.7 cm³/mol. The molecule has 0 saturated carbocycles. The Bertz CT molecular complexity index is 369. The van der Waals surface area contributed by atoms with Crippen LogP contribution in [0.5, 0.6) is 0 Å². The number of nitrogens with one attached hydrogen (secondary N) is 1. The number of nitrogens with zero attached hydrogens (tertiary/aromatic N) is 3. The molecule has 0 atom stereocenters. The van der Waals surface area contributed by atoms with Gasteiger partial charge in [0.25, 0.3) is 0 Å². The molecule has 1 aliphatic heterocycles. The van der Waals surface area contributed by atoms with Crippen LogP contribution in [0.1, 0.15) is 27.2 Å². The van der Waals surface area contributed by atoms with Crippen molar-refractivity contribution in [3.05, 3.63) is 11.6 Å². The number of rotatable bonds is 7. The van der Waals surface area contributed by atoms with Crippen LogP contribution in [0.4, 0.5) is 5.13 Å². The molecular weight excluding hydrogens is 268 g/mol. The first kappa shape index (κ1) is 15.7. The SMILES string of the molecule is CCCNCC(C)(C)CN1CCN(c2nccs2)CC1. The van der Waals surface area contributed by atoms with E-state index >= 15 is 0 Å². The van der Waals surface area contributed by atoms with Gasteiger partial charge in [-0.05, 0) is 18.4 Å². The molecule has 1 fully saturated rings. The molecule has 0 aliphatic carbocycles. The molecule has 0 radical (unpaired) electrons. The predicted octanol–water partition coefficient (Wildman–Crippen LogP) is 2.29. The minimum Gasteiger partial charge on any atom is -0.346 e. The summed E-state index contributed by atoms with van der Waals surface area (Å²) in [5.41, 5.74) is 0.346. The lowest BCUT2D eigenvalue weighted by Gasteiger charge is -2.39. The first-order valence-corrected chi connectivity index (χ1v) is 8.56. The van der Waals surface area contributed by atoms with E-state index in [1.807, 2.05) is 6.20 Å². The first-order chi connectivity index (χ1) is 9.61. The third-order valence-electron chi connectivity index (χ3n) is 3.74. The summed E-state index contributed by atoms with van der Waals surface area (Å²) in [4.78, 5) is 9.41. The van der Waals surface area contributed by atoms with Gasteiger partial charge in [-0.3, -0.25) is 4.90 Å². The molecule has 4 nitrogen and oxygen atoms in total. The van der Waals surface area contributed by atoms with E-state index in [-0.39, 0.29) is 0 Å². The Balaban J connectivity index is 1.73. The largest absolute Gasteiger partial charge is 0.346 e. The Hall–Kier alpha value is -0.650. The van der Waals surface area contributed by atoms with Crippen LogP contribution >= 0.6 is 11.3 Å². The van der Waals surface area contributed by atoms with Crippen LogP contribution in [0.2, 0.25) is 0 Å². The molecule has 20 heavy (non-hydrogen) atoms. The van der Waals surface area contributed by atoms with Crippen LogP contribution in [-0.4, -0.2) is 55.7 Å². The number of thiazole rings is 1. The van der Waals surface area contributed by atoms with Crippen molar-refractivity contribution >= 4 is 16.5 Å². The molecule has 0 amide bonds. The Kier molecular flexibility index (Phi) is 5.81. The normalized spacial score (nSPS) is 17.6. The molecule has 1 N–H and O–H groups in total. The number of anilines is 1. The lowest BCUT2D eigenvalue weighted by Crippen LogP contribution is -2.50. The molecule has 0 spiro atoms. The van der Waals surface area contributed by atoms with Gasteiger partial charge >= 0.3 is 0 Å². The maximum Gasteiger partial charge on any atom is 0.185 e. The number of piperazine rings is 1. The summed E-state index contributed by atoms with van der Waals surface area (Å²) in [5, 5.41) is 6.78. The van der Waals surface area contributed by atoms with Gasteiger partial charge in [0, 0.05) is 50.8 Å². The molecule has 1 saturated heterocycles. The van der Waals surface area contributed by atoms with Gasteiger partial charge in [0.2, 0.25) is 0 Å². The molecule has 1 aromatic rings. The minimum absolute atomic E-state index is 0.346. The average molecular weight is 296 g/mol. The van der Waals surface area contributed by atoms with Crippen LogP contribution in [-0.2, 0) is 0 Å². The molecule has 2 heterocycles. The van der Waals surface area contributed by atoms with E-state index in [0.717, 1.165) is 39.3 Å². The van der Waals surface area contributed by atoms with Crippen molar-refractivity contribution in [2.75, 3.05) is 50.7 Å². The maximum atomic E-state index is 4.41. The fourth-order valence-corrected chi connectivity index (χ4v) is 3.43. The quantitative estimate of drug-likeness (QED) is 0.782. The topological polar surface area (TPSA) is 31.4 Å². The molecule has 1 aromatic heterocycles. The van der Waals surface area contributed by atoms with E-state index in [1.165, 1.54) is 18.1 Å². The molecule has 0 unspecified atom stereocenters. The van der Waals surface area contributed by atoms with Gasteiger partial charge in [-0.25, -0.2) is 4.98 Å². The van der Waals surface area contributed by atoms with Crippen LogP contribution in [0.15, 0.2) is 11.6 Å². The Morgan fingerprint density at radius 1 is 1.30 bits per heavy atom. The van der Waals surface area contributed by atoms with Gasteiger partial charge in [0.15, 0.2) is 5.13 Å². The molecule has 1 aliphatic rings. The van der Waals surface area contributed by atoms with Crippen molar-refractivity contribution in [3.8, 4) is 0 Å². The first-order valence-electron chi connectivity index (χ1n) is 7.68. The van der Waals surface area contributed by atoms with E-state index in [0.29, 0.717) is 5.41 Å². The highest BCUT2D eigenvalue weighted by molar-refractivity contribution is 7.13. The molecule has 5 heteroatoms. The number of hydrogen-bond acceptors (Lipinski definition) is 5. The van der Waals surface area contributed by atoms with Crippen molar-refractivity contribution in [3.63, 3.8) is 0 Å². The van der Waals surface area contributed by atoms with Crippen molar-refractivity contribution in [2.24, 2.45) is 5.41 Å². The zero-order valence-electron chi connectivity index (χ0n) is 13.1. The van der Waals surface area contributed by atoms with Crippen LogP contribution in [0, 0.1) is 5.41 Å². The Labute approximate surface area is 127 Å². The fraction of sp³-hybridized carbons (Fsp3) is 0.800. The lowest BCUT2D eigenvalue weighted by molar-refractivity contribution is 0.167. The van der Waals surface area contributed by atoms with Gasteiger partial charge in [-0.2, -0.15) is 0 Å². The molecule has 0 bridgehead atoms. The third-order valence-corrected chi connectivity index (χ3v) is 4.58. The summed E-state index contributed by atoms with van der Waals surface area (Å²) in [5.74, 6) is 0. The van der Waals surface area contributed by atoms with E-state index in [4.69, 9.17) is 0 Å². The van der Waals surface area contributed by atoms with Gasteiger partial charge < -0.3 is 10.2 Å². The van der Waals surface area contributed by atoms with E-state index in [1.54, 1.807) is 11.3 Å². The van der Waals surface area contributed by atoms with Crippen molar-refractivity contribution < 1.29 is 0 Å². The van der Waals surface area contributed by atoms with Gasteiger partial charge in [-0.15, -0.1) is 11.3 Å². The van der Waals surface area contributed by atoms with Crippen LogP contribution in [0.25, 0.3) is 0 Å². The van der Waals surface area contributed by atoms with Gasteiger partial charge in [0.05, 0.1) is 0 Å². The van der Waals surface area contributed by atoms with E-state index in [9.17, 15) is 0 Å². The summed E-state index contributed by atoms with van der Waals surface area (Å²) < 4.78 is 0. The average Bonchev–Trinajstić information content (AvgIpc) is 2.93. The van der Waals surface area contributed by atoms with Crippen molar-refractivity contribution in [1.82, 2.24) is 15.2 Å². The van der Waals surface area contributed by atoms with E-state index < -0.39 is 0 Å². The smallest absolute Gasteiger partial charge is 0.185 e. The second kappa shape index (κ2) is 7.38. The zero-order chi connectivity index (χ0) is 14.4. The van der Waals surface area contributed by atoms with Gasteiger partial charge in [-0.1, -0.05) is 20.8 Å². The standard InChI is InChI=1S/C15H28N4S/c1-4-5-16-12-15(2,3)13-18-7-9-19(10-8-18)14-17-6-11-20-14/h6,11,16H,4-5,7-10,12-13H2,1-3H3. The monoisotopic (exact) mass is 296 g/mol. The second-order valence-electron chi connectivity index (χ2n) is 6.42. The highest BCUT2D eigenvalue weighted by Crippen LogP contribution is 2.21. The fourth-order valence-electron chi connectivity index (χ4n) is 2.73. The zero-order valence-corrected chi connectivity index (χ0v) is 13.9. The van der Waals surface area contributed by atoms with Crippen molar-refractivity contribution in [1.29, 1.82) is 0 Å². The Morgan fingerprint density at radius 3 is 2.65 bits per heavy atom. The lowest BCUT2D eigenvalue weighted by atomic mass is 9.92. The Morgan fingerprint density at radius 2 is 2.05 bits per heavy atom. The molecule has 0 aromatic carbocycles. The summed E-state index contributed by atoms with van der Waals surface area (Å²) in [6.45, 7) is 14.9. The minimum atomic E-state index is 0.346. The number of hydrogen-bond donors (Lipinski definition) is 1. The highest BCUT2D eigenvalue weighted by atomic mass is 32.1. The summed E-state index contributed by atoms with van der Waals surface area (Å²) in [6, 6.07) is 0. The van der Waals surface area contributed by atoms with Crippen LogP contribution < -0.4 is 10.2 Å². The summed E-state index contributed by atoms with van der Waals surface area (Å²) >= 11 is 1.74. The third kappa shape index (κ3) is 4.72. The second-order valence-corrected chi connectivity index (χ2v) is 7.29. The number of aromatic nitrogens is 1. The van der Waals surface area contributed by atoms with E-state index in [2.05, 4.69) is 46.3 Å². The van der Waals surface area contributed by atoms with Crippen molar-refractivity contribution in [2.45, 2.75) is 27.2 Å². The summed E-state index contributed by atoms with van der Waals surface area (Å²) in [6.07, 6.45) is 3.11. The summed E-state index contributed by atoms with van der Waals surface area (Å²) in [7, 11) is 0. The maximum absolute atomic E-state index is 4.41. The van der Waals surface area contributed by atoms with Gasteiger partial charge in [0.1, 0.15) is 0 Å². The molecular formula is C15H28N4S. The van der Waals surface area contributed by atoms with Crippen LogP contribution in [0.3, 0.4) is 0 Å².